The lowest BCUT2D eigenvalue weighted by molar-refractivity contribution is 0.0580. The monoisotopic (exact) mass is 292 g/mol. The average molecular weight is 292 g/mol. The number of rotatable bonds is 1. The molecule has 106 valence electrons. The molecule has 3 saturated heterocycles. The molecule has 0 spiro atoms. The Balaban J connectivity index is 0.000000134. The summed E-state index contributed by atoms with van der Waals surface area (Å²) >= 11 is 3.74. The molecule has 0 saturated carbocycles. The van der Waals surface area contributed by atoms with E-state index in [0.29, 0.717) is 12.2 Å². The second-order valence-electron chi connectivity index (χ2n) is 5.52. The van der Waals surface area contributed by atoms with Gasteiger partial charge >= 0.3 is 0 Å². The highest BCUT2D eigenvalue weighted by Crippen LogP contribution is 2.43. The Morgan fingerprint density at radius 3 is 2.06 bits per heavy atom. The summed E-state index contributed by atoms with van der Waals surface area (Å²) in [5.41, 5.74) is 0. The van der Waals surface area contributed by atoms with Crippen molar-refractivity contribution in [3.8, 4) is 0 Å². The predicted octanol–water partition coefficient (Wildman–Crippen LogP) is 1.62. The van der Waals surface area contributed by atoms with Crippen molar-refractivity contribution in [2.24, 2.45) is 11.8 Å². The quantitative estimate of drug-likeness (QED) is 0.769. The van der Waals surface area contributed by atoms with Gasteiger partial charge in [0.2, 0.25) is 0 Å². The summed E-state index contributed by atoms with van der Waals surface area (Å²) in [5.74, 6) is 3.09. The minimum absolute atomic E-state index is 0.197. The topological polar surface area (TPSA) is 49.7 Å². The first-order valence-corrected chi connectivity index (χ1v) is 8.82. The van der Waals surface area contributed by atoms with Crippen LogP contribution in [-0.2, 0) is 4.74 Å². The maximum atomic E-state index is 9.17. The van der Waals surface area contributed by atoms with E-state index < -0.39 is 0 Å². The molecule has 0 aromatic rings. The van der Waals surface area contributed by atoms with Gasteiger partial charge in [0.25, 0.3) is 0 Å². The van der Waals surface area contributed by atoms with E-state index in [1.54, 1.807) is 11.8 Å². The van der Waals surface area contributed by atoms with Crippen LogP contribution in [0.2, 0.25) is 0 Å². The molecule has 3 rings (SSSR count). The molecule has 0 aliphatic carbocycles. The Morgan fingerprint density at radius 2 is 1.83 bits per heavy atom. The molecule has 3 aliphatic heterocycles. The van der Waals surface area contributed by atoms with Crippen molar-refractivity contribution in [1.82, 2.24) is 0 Å². The second-order valence-corrected chi connectivity index (χ2v) is 8.00. The molecule has 3 nitrogen and oxygen atoms in total. The summed E-state index contributed by atoms with van der Waals surface area (Å²) in [4.78, 5) is 0. The van der Waals surface area contributed by atoms with Crippen molar-refractivity contribution in [2.45, 2.75) is 49.6 Å². The molecule has 3 heterocycles. The maximum Gasteiger partial charge on any atom is 0.0706 e. The summed E-state index contributed by atoms with van der Waals surface area (Å²) in [6.45, 7) is 6.67. The highest BCUT2D eigenvalue weighted by molar-refractivity contribution is 8.00. The molecule has 2 N–H and O–H groups in total. The summed E-state index contributed by atoms with van der Waals surface area (Å²) in [5, 5.41) is 19.0. The van der Waals surface area contributed by atoms with E-state index in [1.807, 2.05) is 6.92 Å². The number of aliphatic hydroxyl groups excluding tert-OH is 2. The van der Waals surface area contributed by atoms with Crippen LogP contribution in [0, 0.1) is 11.8 Å². The van der Waals surface area contributed by atoms with Crippen LogP contribution >= 0.6 is 23.5 Å². The van der Waals surface area contributed by atoms with Gasteiger partial charge in [-0.05, 0) is 18.8 Å². The zero-order valence-corrected chi connectivity index (χ0v) is 12.9. The molecular weight excluding hydrogens is 268 g/mol. The van der Waals surface area contributed by atoms with Gasteiger partial charge in [0.05, 0.1) is 24.9 Å². The van der Waals surface area contributed by atoms with E-state index in [0.717, 1.165) is 16.9 Å². The van der Waals surface area contributed by atoms with Crippen LogP contribution in [0.3, 0.4) is 0 Å². The highest BCUT2D eigenvalue weighted by atomic mass is 32.2. The van der Waals surface area contributed by atoms with E-state index in [-0.39, 0.29) is 23.9 Å². The number of aliphatic hydroxyl groups is 2. The second kappa shape index (κ2) is 6.35. The van der Waals surface area contributed by atoms with Crippen molar-refractivity contribution in [3.05, 3.63) is 0 Å². The van der Waals surface area contributed by atoms with Gasteiger partial charge in [0, 0.05) is 22.0 Å². The Morgan fingerprint density at radius 1 is 1.11 bits per heavy atom. The Hall–Kier alpha value is 0.580. The summed E-state index contributed by atoms with van der Waals surface area (Å²) < 4.78 is 5.65. The summed E-state index contributed by atoms with van der Waals surface area (Å²) in [7, 11) is 0. The maximum absolute atomic E-state index is 9.17. The molecule has 18 heavy (non-hydrogen) atoms. The van der Waals surface area contributed by atoms with Gasteiger partial charge in [-0.2, -0.15) is 23.5 Å². The molecular formula is C13H24O3S2. The van der Waals surface area contributed by atoms with Crippen LogP contribution in [0.1, 0.15) is 20.8 Å². The number of hydrogen-bond acceptors (Lipinski definition) is 5. The van der Waals surface area contributed by atoms with Crippen LogP contribution in [0.15, 0.2) is 0 Å². The zero-order chi connectivity index (χ0) is 13.3. The fourth-order valence-electron chi connectivity index (χ4n) is 2.79. The average Bonchev–Trinajstić information content (AvgIpc) is 2.95. The van der Waals surface area contributed by atoms with Crippen molar-refractivity contribution in [3.63, 3.8) is 0 Å². The molecule has 0 amide bonds. The first kappa shape index (κ1) is 15.0. The molecule has 5 heteroatoms. The largest absolute Gasteiger partial charge is 0.395 e. The molecule has 0 aromatic carbocycles. The van der Waals surface area contributed by atoms with Crippen LogP contribution in [0.5, 0.6) is 0 Å². The van der Waals surface area contributed by atoms with Gasteiger partial charge in [-0.15, -0.1) is 0 Å². The Bertz CT molecular complexity index is 275. The molecule has 3 aliphatic rings. The molecule has 0 radical (unpaired) electrons. The van der Waals surface area contributed by atoms with Gasteiger partial charge in [0.1, 0.15) is 0 Å². The van der Waals surface area contributed by atoms with Crippen LogP contribution in [0.25, 0.3) is 0 Å². The number of thioether (sulfide) groups is 2. The van der Waals surface area contributed by atoms with E-state index in [1.165, 1.54) is 5.75 Å². The number of hydrogen-bond donors (Lipinski definition) is 2. The van der Waals surface area contributed by atoms with Crippen molar-refractivity contribution in [2.75, 3.05) is 18.1 Å². The standard InChI is InChI=1S/C7H12OS.C6H12O2S/c1-4-6-3-9-7(4)5(2)8-6;1-4-5(8)3-9-6(4)2-7/h4-7H,3H2,1-2H3;4-8H,2-3H2,1H3/t;4?,5-,6-/m.1/s1. The van der Waals surface area contributed by atoms with Crippen LogP contribution in [0.4, 0.5) is 0 Å². The number of ether oxygens (including phenoxy) is 1. The lowest BCUT2D eigenvalue weighted by atomic mass is 10.0. The molecule has 2 bridgehead atoms. The smallest absolute Gasteiger partial charge is 0.0706 e. The fraction of sp³-hybridized carbons (Fsp3) is 1.00. The lowest BCUT2D eigenvalue weighted by Gasteiger charge is -2.16. The van der Waals surface area contributed by atoms with Gasteiger partial charge < -0.3 is 14.9 Å². The minimum atomic E-state index is -0.202. The van der Waals surface area contributed by atoms with Crippen molar-refractivity contribution < 1.29 is 14.9 Å². The van der Waals surface area contributed by atoms with E-state index in [9.17, 15) is 0 Å². The minimum Gasteiger partial charge on any atom is -0.395 e. The molecule has 5 unspecified atom stereocenters. The summed E-state index contributed by atoms with van der Waals surface area (Å²) in [6, 6.07) is 0. The first-order valence-electron chi connectivity index (χ1n) is 6.72. The first-order chi connectivity index (χ1) is 8.54. The Labute approximate surface area is 118 Å². The van der Waals surface area contributed by atoms with E-state index in [4.69, 9.17) is 14.9 Å². The van der Waals surface area contributed by atoms with Gasteiger partial charge in [-0.3, -0.25) is 0 Å². The van der Waals surface area contributed by atoms with E-state index >= 15 is 0 Å². The third kappa shape index (κ3) is 3.01. The normalized spacial score (nSPS) is 50.2. The third-order valence-electron chi connectivity index (χ3n) is 4.26. The summed E-state index contributed by atoms with van der Waals surface area (Å²) in [6.07, 6.45) is 0.894. The third-order valence-corrected chi connectivity index (χ3v) is 7.52. The SMILES string of the molecule is CC1OC2CSC1C2C.CC1[C@H](O)CS[C@@H]1CO. The molecule has 3 fully saturated rings. The van der Waals surface area contributed by atoms with Gasteiger partial charge in [-0.25, -0.2) is 0 Å². The lowest BCUT2D eigenvalue weighted by Crippen LogP contribution is -2.22. The van der Waals surface area contributed by atoms with Gasteiger partial charge in [-0.1, -0.05) is 13.8 Å². The highest BCUT2D eigenvalue weighted by Gasteiger charge is 2.45. The van der Waals surface area contributed by atoms with Crippen LogP contribution in [-0.4, -0.2) is 57.1 Å². The van der Waals surface area contributed by atoms with E-state index in [2.05, 4.69) is 25.6 Å². The molecule has 7 atom stereocenters. The zero-order valence-electron chi connectivity index (χ0n) is 11.3. The fourth-order valence-corrected chi connectivity index (χ4v) is 5.74. The molecule has 0 aromatic heterocycles. The van der Waals surface area contributed by atoms with Crippen LogP contribution < -0.4 is 0 Å². The van der Waals surface area contributed by atoms with Gasteiger partial charge in [0.15, 0.2) is 0 Å². The van der Waals surface area contributed by atoms with Crippen molar-refractivity contribution in [1.29, 1.82) is 0 Å². The number of fused-ring (bicyclic) bond motifs is 2. The Kier molecular flexibility index (Phi) is 5.29. The van der Waals surface area contributed by atoms with Crippen molar-refractivity contribution >= 4 is 23.5 Å². The predicted molar refractivity (Wildman–Crippen MR) is 78.2 cm³/mol.